The van der Waals surface area contributed by atoms with Gasteiger partial charge in [-0.3, -0.25) is 4.79 Å². The highest BCUT2D eigenvalue weighted by atomic mass is 35.5. The first-order valence-corrected chi connectivity index (χ1v) is 8.63. The molecule has 1 heterocycles. The third-order valence-electron chi connectivity index (χ3n) is 3.83. The second kappa shape index (κ2) is 7.97. The number of halogens is 1. The number of anilines is 2. The van der Waals surface area contributed by atoms with Gasteiger partial charge in [-0.1, -0.05) is 41.9 Å². The van der Waals surface area contributed by atoms with Crippen LogP contribution in [0.3, 0.4) is 0 Å². The van der Waals surface area contributed by atoms with Crippen LogP contribution in [0.15, 0.2) is 60.7 Å². The molecule has 0 fully saturated rings. The smallest absolute Gasteiger partial charge is 0.270 e. The van der Waals surface area contributed by atoms with Crippen molar-refractivity contribution in [1.29, 1.82) is 0 Å². The minimum Gasteiger partial charge on any atom is -0.344 e. The van der Waals surface area contributed by atoms with Gasteiger partial charge in [-0.25, -0.2) is 9.97 Å². The summed E-state index contributed by atoms with van der Waals surface area (Å²) in [6.45, 7) is 3.76. The number of carbonyl (C=O) groups excluding carboxylic acids is 1. The van der Waals surface area contributed by atoms with E-state index in [1.54, 1.807) is 18.2 Å². The van der Waals surface area contributed by atoms with Crippen LogP contribution in [-0.4, -0.2) is 15.9 Å². The summed E-state index contributed by atoms with van der Waals surface area (Å²) < 4.78 is 0. The van der Waals surface area contributed by atoms with Gasteiger partial charge < -0.3 is 10.6 Å². The fourth-order valence-corrected chi connectivity index (χ4v) is 2.62. The van der Waals surface area contributed by atoms with Crippen LogP contribution in [0.2, 0.25) is 5.02 Å². The Morgan fingerprint density at radius 2 is 1.73 bits per heavy atom. The van der Waals surface area contributed by atoms with Crippen molar-refractivity contribution in [2.24, 2.45) is 0 Å². The summed E-state index contributed by atoms with van der Waals surface area (Å²) >= 11 is 5.89. The first kappa shape index (κ1) is 17.9. The second-order valence-electron chi connectivity index (χ2n) is 5.96. The summed E-state index contributed by atoms with van der Waals surface area (Å²) in [5, 5.41) is 6.70. The van der Waals surface area contributed by atoms with E-state index in [1.165, 1.54) is 0 Å². The van der Waals surface area contributed by atoms with Crippen LogP contribution in [0.5, 0.6) is 0 Å². The van der Waals surface area contributed by atoms with E-state index in [-0.39, 0.29) is 11.9 Å². The van der Waals surface area contributed by atoms with Gasteiger partial charge in [-0.15, -0.1) is 0 Å². The van der Waals surface area contributed by atoms with Gasteiger partial charge in [0.15, 0.2) is 0 Å². The van der Waals surface area contributed by atoms with E-state index in [4.69, 9.17) is 11.6 Å². The molecule has 0 bridgehead atoms. The molecule has 6 heteroatoms. The lowest BCUT2D eigenvalue weighted by Crippen LogP contribution is -2.27. The summed E-state index contributed by atoms with van der Waals surface area (Å²) in [6, 6.07) is 18.5. The third kappa shape index (κ3) is 4.58. The van der Waals surface area contributed by atoms with E-state index < -0.39 is 0 Å². The van der Waals surface area contributed by atoms with Crippen molar-refractivity contribution in [3.8, 4) is 0 Å². The Labute approximate surface area is 157 Å². The molecule has 0 aliphatic rings. The minimum atomic E-state index is -0.244. The Kier molecular flexibility index (Phi) is 5.49. The van der Waals surface area contributed by atoms with Crippen LogP contribution in [0.4, 0.5) is 11.6 Å². The number of amides is 1. The molecule has 5 nitrogen and oxygen atoms in total. The lowest BCUT2D eigenvalue weighted by molar-refractivity contribution is 0.0934. The van der Waals surface area contributed by atoms with E-state index in [1.807, 2.05) is 56.3 Å². The van der Waals surface area contributed by atoms with Crippen LogP contribution >= 0.6 is 11.6 Å². The quantitative estimate of drug-likeness (QED) is 0.688. The molecular weight excluding hydrogens is 348 g/mol. The first-order chi connectivity index (χ1) is 12.5. The average molecular weight is 367 g/mol. The zero-order chi connectivity index (χ0) is 18.5. The van der Waals surface area contributed by atoms with Crippen molar-refractivity contribution < 1.29 is 4.79 Å². The van der Waals surface area contributed by atoms with Gasteiger partial charge in [-0.05, 0) is 49.7 Å². The monoisotopic (exact) mass is 366 g/mol. The highest BCUT2D eigenvalue weighted by molar-refractivity contribution is 6.30. The van der Waals surface area contributed by atoms with Gasteiger partial charge >= 0.3 is 0 Å². The van der Waals surface area contributed by atoms with Crippen molar-refractivity contribution in [3.63, 3.8) is 0 Å². The fraction of sp³-hybridized carbons (Fsp3) is 0.150. The number of nitrogens with zero attached hydrogens (tertiary/aromatic N) is 2. The Balaban J connectivity index is 1.76. The van der Waals surface area contributed by atoms with Crippen molar-refractivity contribution in [1.82, 2.24) is 15.3 Å². The molecule has 0 saturated heterocycles. The maximum absolute atomic E-state index is 12.6. The van der Waals surface area contributed by atoms with Crippen molar-refractivity contribution in [2.75, 3.05) is 5.32 Å². The predicted octanol–water partition coefficient (Wildman–Crippen LogP) is 4.67. The number of rotatable bonds is 5. The molecule has 0 aliphatic heterocycles. The van der Waals surface area contributed by atoms with Gasteiger partial charge in [0.2, 0.25) is 5.95 Å². The Morgan fingerprint density at radius 3 is 2.42 bits per heavy atom. The summed E-state index contributed by atoms with van der Waals surface area (Å²) in [4.78, 5) is 21.3. The van der Waals surface area contributed by atoms with Gasteiger partial charge in [0.1, 0.15) is 5.69 Å². The number of carbonyl (C=O) groups is 1. The van der Waals surface area contributed by atoms with Crippen molar-refractivity contribution in [2.45, 2.75) is 19.9 Å². The summed E-state index contributed by atoms with van der Waals surface area (Å²) in [5.41, 5.74) is 2.85. The third-order valence-corrected chi connectivity index (χ3v) is 4.09. The molecule has 2 aromatic carbocycles. The van der Waals surface area contributed by atoms with E-state index >= 15 is 0 Å². The number of hydrogen-bond acceptors (Lipinski definition) is 4. The van der Waals surface area contributed by atoms with E-state index in [9.17, 15) is 4.79 Å². The molecule has 0 radical (unpaired) electrons. The number of aromatic nitrogens is 2. The van der Waals surface area contributed by atoms with Gasteiger partial charge in [-0.2, -0.15) is 0 Å². The molecule has 1 aromatic heterocycles. The minimum absolute atomic E-state index is 0.119. The molecule has 1 amide bonds. The molecule has 0 spiro atoms. The molecule has 0 aliphatic carbocycles. The number of aryl methyl sites for hydroxylation is 1. The fourth-order valence-electron chi connectivity index (χ4n) is 2.50. The highest BCUT2D eigenvalue weighted by Crippen LogP contribution is 2.18. The van der Waals surface area contributed by atoms with Gasteiger partial charge in [0, 0.05) is 16.4 Å². The van der Waals surface area contributed by atoms with Crippen LogP contribution in [0, 0.1) is 6.92 Å². The number of benzene rings is 2. The molecule has 132 valence electrons. The van der Waals surface area contributed by atoms with E-state index in [0.29, 0.717) is 22.4 Å². The Morgan fingerprint density at radius 1 is 1.04 bits per heavy atom. The zero-order valence-electron chi connectivity index (χ0n) is 14.5. The van der Waals surface area contributed by atoms with Crippen LogP contribution < -0.4 is 10.6 Å². The Bertz CT molecular complexity index is 897. The second-order valence-corrected chi connectivity index (χ2v) is 6.39. The van der Waals surface area contributed by atoms with Crippen LogP contribution in [-0.2, 0) is 0 Å². The SMILES string of the molecule is Cc1cc(C(=O)NC(C)c2ccccc2)nc(Nc2ccc(Cl)cc2)n1. The van der Waals surface area contributed by atoms with E-state index in [2.05, 4.69) is 20.6 Å². The molecule has 0 saturated carbocycles. The highest BCUT2D eigenvalue weighted by Gasteiger charge is 2.14. The Hall–Kier alpha value is -2.92. The van der Waals surface area contributed by atoms with Gasteiger partial charge in [0.25, 0.3) is 5.91 Å². The van der Waals surface area contributed by atoms with E-state index in [0.717, 1.165) is 11.3 Å². The van der Waals surface area contributed by atoms with Crippen LogP contribution in [0.25, 0.3) is 0 Å². The molecule has 1 unspecified atom stereocenters. The molecule has 3 rings (SSSR count). The molecule has 2 N–H and O–H groups in total. The normalized spacial score (nSPS) is 11.7. The largest absolute Gasteiger partial charge is 0.344 e. The first-order valence-electron chi connectivity index (χ1n) is 8.25. The lowest BCUT2D eigenvalue weighted by Gasteiger charge is -2.14. The standard InChI is InChI=1S/C20H19ClN4O/c1-13-12-18(19(26)23-14(2)15-6-4-3-5-7-15)25-20(22-13)24-17-10-8-16(21)9-11-17/h3-12,14H,1-2H3,(H,23,26)(H,22,24,25). The number of nitrogens with one attached hydrogen (secondary N) is 2. The summed E-state index contributed by atoms with van der Waals surface area (Å²) in [5.74, 6) is 0.121. The maximum atomic E-state index is 12.6. The van der Waals surface area contributed by atoms with Crippen LogP contribution in [0.1, 0.15) is 34.7 Å². The average Bonchev–Trinajstić information content (AvgIpc) is 2.64. The zero-order valence-corrected chi connectivity index (χ0v) is 15.3. The van der Waals surface area contributed by atoms with Crippen molar-refractivity contribution in [3.05, 3.63) is 82.6 Å². The van der Waals surface area contributed by atoms with Gasteiger partial charge in [0.05, 0.1) is 6.04 Å². The molecule has 3 aromatic rings. The lowest BCUT2D eigenvalue weighted by atomic mass is 10.1. The summed E-state index contributed by atoms with van der Waals surface area (Å²) in [7, 11) is 0. The number of hydrogen-bond donors (Lipinski definition) is 2. The van der Waals surface area contributed by atoms with Crippen molar-refractivity contribution >= 4 is 29.1 Å². The maximum Gasteiger partial charge on any atom is 0.270 e. The molecular formula is C20H19ClN4O. The predicted molar refractivity (Wildman–Crippen MR) is 104 cm³/mol. The topological polar surface area (TPSA) is 66.9 Å². The molecule has 26 heavy (non-hydrogen) atoms. The summed E-state index contributed by atoms with van der Waals surface area (Å²) in [6.07, 6.45) is 0. The molecule has 1 atom stereocenters.